The average molecular weight is 415 g/mol. The summed E-state index contributed by atoms with van der Waals surface area (Å²) in [6.07, 6.45) is 1.52. The Bertz CT molecular complexity index is 1390. The quantitative estimate of drug-likeness (QED) is 0.450. The lowest BCUT2D eigenvalue weighted by Gasteiger charge is -2.05. The highest BCUT2D eigenvalue weighted by atomic mass is 32.2. The lowest BCUT2D eigenvalue weighted by atomic mass is 10.2. The van der Waals surface area contributed by atoms with E-state index >= 15 is 0 Å². The molecule has 0 unspecified atom stereocenters. The molecule has 0 fully saturated rings. The number of imidazole rings is 1. The van der Waals surface area contributed by atoms with Gasteiger partial charge in [0.1, 0.15) is 10.6 Å². The van der Waals surface area contributed by atoms with Gasteiger partial charge in [0, 0.05) is 5.56 Å². The van der Waals surface area contributed by atoms with E-state index in [0.29, 0.717) is 16.8 Å². The van der Waals surface area contributed by atoms with Crippen molar-refractivity contribution in [1.29, 1.82) is 0 Å². The monoisotopic (exact) mass is 415 g/mol. The number of benzene rings is 3. The zero-order valence-corrected chi connectivity index (χ0v) is 16.5. The molecular weight excluding hydrogens is 398 g/mol. The highest BCUT2D eigenvalue weighted by Crippen LogP contribution is 2.28. The number of H-pyrrole nitrogens is 1. The summed E-state index contributed by atoms with van der Waals surface area (Å²) in [7, 11) is -3.95. The van der Waals surface area contributed by atoms with Gasteiger partial charge in [-0.15, -0.1) is 0 Å². The van der Waals surface area contributed by atoms with Crippen LogP contribution in [0.4, 0.5) is 5.95 Å². The normalized spacial score (nSPS) is 11.6. The van der Waals surface area contributed by atoms with Crippen molar-refractivity contribution < 1.29 is 8.42 Å². The first-order chi connectivity index (χ1) is 14.6. The summed E-state index contributed by atoms with van der Waals surface area (Å²) in [4.78, 5) is 7.38. The Morgan fingerprint density at radius 3 is 2.23 bits per heavy atom. The summed E-state index contributed by atoms with van der Waals surface area (Å²) < 4.78 is 30.7. The van der Waals surface area contributed by atoms with Gasteiger partial charge >= 0.3 is 0 Å². The van der Waals surface area contributed by atoms with E-state index in [9.17, 15) is 8.42 Å². The van der Waals surface area contributed by atoms with Crippen LogP contribution in [0.5, 0.6) is 0 Å². The maximum absolute atomic E-state index is 13.3. The third kappa shape index (κ3) is 3.33. The number of nitrogens with one attached hydrogen (secondary N) is 2. The summed E-state index contributed by atoms with van der Waals surface area (Å²) in [5.41, 5.74) is 3.26. The molecule has 3 aromatic carbocycles. The third-order valence-electron chi connectivity index (χ3n) is 4.66. The van der Waals surface area contributed by atoms with Crippen LogP contribution >= 0.6 is 0 Å². The van der Waals surface area contributed by atoms with Crippen molar-refractivity contribution in [3.8, 4) is 16.9 Å². The van der Waals surface area contributed by atoms with Gasteiger partial charge in [-0.25, -0.2) is 22.8 Å². The fraction of sp³-hybridized carbons (Fsp3) is 0. The Morgan fingerprint density at radius 1 is 0.833 bits per heavy atom. The number of sulfonamides is 1. The number of hydrogen-bond donors (Lipinski definition) is 2. The maximum Gasteiger partial charge on any atom is 0.267 e. The Labute approximate surface area is 173 Å². The van der Waals surface area contributed by atoms with Gasteiger partial charge in [-0.05, 0) is 24.3 Å². The van der Waals surface area contributed by atoms with E-state index in [1.807, 2.05) is 84.9 Å². The number of anilines is 1. The second-order valence-corrected chi connectivity index (χ2v) is 8.35. The number of fused-ring (bicyclic) bond motifs is 1. The number of hydrogen-bond acceptors (Lipinski definition) is 4. The molecule has 0 radical (unpaired) electrons. The Morgan fingerprint density at radius 2 is 1.50 bits per heavy atom. The molecule has 0 saturated heterocycles. The molecular formula is C22H17N5O2S. The molecule has 148 valence electrons. The second kappa shape index (κ2) is 7.16. The molecule has 0 spiro atoms. The second-order valence-electron chi connectivity index (χ2n) is 6.70. The fourth-order valence-electron chi connectivity index (χ4n) is 3.25. The van der Waals surface area contributed by atoms with E-state index in [2.05, 4.69) is 19.8 Å². The zero-order valence-electron chi connectivity index (χ0n) is 15.7. The van der Waals surface area contributed by atoms with Crippen LogP contribution in [0.3, 0.4) is 0 Å². The summed E-state index contributed by atoms with van der Waals surface area (Å²) in [6, 6.07) is 26.0. The fourth-order valence-corrected chi connectivity index (χ4v) is 4.36. The molecule has 0 saturated carbocycles. The van der Waals surface area contributed by atoms with E-state index in [0.717, 1.165) is 11.2 Å². The molecule has 5 aromatic rings. The predicted molar refractivity (Wildman–Crippen MR) is 116 cm³/mol. The van der Waals surface area contributed by atoms with E-state index in [1.165, 1.54) is 6.20 Å². The Hall–Kier alpha value is -3.91. The van der Waals surface area contributed by atoms with Crippen molar-refractivity contribution in [3.05, 3.63) is 91.1 Å². The van der Waals surface area contributed by atoms with Gasteiger partial charge in [0.25, 0.3) is 10.0 Å². The largest absolute Gasteiger partial charge is 0.323 e. The van der Waals surface area contributed by atoms with Crippen LogP contribution in [0.25, 0.3) is 28.0 Å². The van der Waals surface area contributed by atoms with Gasteiger partial charge in [-0.1, -0.05) is 60.7 Å². The first-order valence-corrected chi connectivity index (χ1v) is 10.8. The van der Waals surface area contributed by atoms with Crippen molar-refractivity contribution in [3.63, 3.8) is 0 Å². The number of aromatic nitrogens is 4. The highest BCUT2D eigenvalue weighted by Gasteiger charge is 2.25. The van der Waals surface area contributed by atoms with E-state index < -0.39 is 10.0 Å². The molecule has 0 aliphatic heterocycles. The maximum atomic E-state index is 13.3. The van der Waals surface area contributed by atoms with E-state index in [1.54, 1.807) is 4.68 Å². The number of para-hydroxylation sites is 3. The van der Waals surface area contributed by atoms with Crippen LogP contribution in [-0.4, -0.2) is 28.2 Å². The van der Waals surface area contributed by atoms with Crippen LogP contribution < -0.4 is 4.72 Å². The highest BCUT2D eigenvalue weighted by molar-refractivity contribution is 7.92. The van der Waals surface area contributed by atoms with Crippen molar-refractivity contribution in [2.24, 2.45) is 0 Å². The van der Waals surface area contributed by atoms with Gasteiger partial charge in [0.15, 0.2) is 0 Å². The zero-order chi connectivity index (χ0) is 20.6. The molecule has 7 nitrogen and oxygen atoms in total. The lowest BCUT2D eigenvalue weighted by molar-refractivity contribution is 0.601. The van der Waals surface area contributed by atoms with Gasteiger partial charge in [0.2, 0.25) is 5.95 Å². The van der Waals surface area contributed by atoms with Crippen molar-refractivity contribution >= 4 is 27.0 Å². The number of nitrogens with zero attached hydrogens (tertiary/aromatic N) is 3. The van der Waals surface area contributed by atoms with E-state index in [-0.39, 0.29) is 10.8 Å². The van der Waals surface area contributed by atoms with Crippen LogP contribution in [0.15, 0.2) is 96.0 Å². The molecule has 5 rings (SSSR count). The number of rotatable bonds is 5. The SMILES string of the molecule is O=S(=O)(Nc1nc2ccccc2[nH]1)c1cn(-c2ccccc2)nc1-c1ccccc1. The molecule has 8 heteroatoms. The molecule has 30 heavy (non-hydrogen) atoms. The number of aromatic amines is 1. The van der Waals surface area contributed by atoms with Crippen LogP contribution in [0.1, 0.15) is 0 Å². The van der Waals surface area contributed by atoms with E-state index in [4.69, 9.17) is 0 Å². The first kappa shape index (κ1) is 18.1. The Balaban J connectivity index is 1.61. The van der Waals surface area contributed by atoms with Gasteiger partial charge in [-0.3, -0.25) is 0 Å². The molecule has 0 bridgehead atoms. The van der Waals surface area contributed by atoms with Gasteiger partial charge in [0.05, 0.1) is 22.9 Å². The minimum atomic E-state index is -3.95. The predicted octanol–water partition coefficient (Wildman–Crippen LogP) is 4.22. The molecule has 0 atom stereocenters. The lowest BCUT2D eigenvalue weighted by Crippen LogP contribution is -2.14. The van der Waals surface area contributed by atoms with Crippen LogP contribution in [-0.2, 0) is 10.0 Å². The topological polar surface area (TPSA) is 92.7 Å². The standard InChI is InChI=1S/C22H17N5O2S/c28-30(29,26-22-23-18-13-7-8-14-19(18)24-22)20-15-27(17-11-5-2-6-12-17)25-21(20)16-9-3-1-4-10-16/h1-15H,(H2,23,24,26). The van der Waals surface area contributed by atoms with Crippen LogP contribution in [0.2, 0.25) is 0 Å². The smallest absolute Gasteiger partial charge is 0.267 e. The molecule has 0 amide bonds. The first-order valence-electron chi connectivity index (χ1n) is 9.28. The molecule has 2 aromatic heterocycles. The van der Waals surface area contributed by atoms with Gasteiger partial charge < -0.3 is 4.98 Å². The molecule has 0 aliphatic carbocycles. The minimum absolute atomic E-state index is 0.0676. The summed E-state index contributed by atoms with van der Waals surface area (Å²) in [6.45, 7) is 0. The van der Waals surface area contributed by atoms with Crippen molar-refractivity contribution in [2.45, 2.75) is 4.90 Å². The third-order valence-corrected chi connectivity index (χ3v) is 6.00. The van der Waals surface area contributed by atoms with Gasteiger partial charge in [-0.2, -0.15) is 5.10 Å². The summed E-state index contributed by atoms with van der Waals surface area (Å²) >= 11 is 0. The summed E-state index contributed by atoms with van der Waals surface area (Å²) in [5.74, 6) is 0.155. The minimum Gasteiger partial charge on any atom is -0.323 e. The average Bonchev–Trinajstić information content (AvgIpc) is 3.39. The summed E-state index contributed by atoms with van der Waals surface area (Å²) in [5, 5.41) is 4.57. The van der Waals surface area contributed by atoms with Crippen molar-refractivity contribution in [1.82, 2.24) is 19.7 Å². The Kier molecular flexibility index (Phi) is 4.33. The molecule has 2 N–H and O–H groups in total. The molecule has 2 heterocycles. The molecule has 0 aliphatic rings. The van der Waals surface area contributed by atoms with Crippen molar-refractivity contribution in [2.75, 3.05) is 4.72 Å². The van der Waals surface area contributed by atoms with Crippen LogP contribution in [0, 0.1) is 0 Å².